The van der Waals surface area contributed by atoms with Crippen molar-refractivity contribution in [3.8, 4) is 5.75 Å². The quantitative estimate of drug-likeness (QED) is 0.739. The summed E-state index contributed by atoms with van der Waals surface area (Å²) in [6.45, 7) is 4.38. The van der Waals surface area contributed by atoms with Crippen molar-refractivity contribution < 1.29 is 4.74 Å². The fourth-order valence-corrected chi connectivity index (χ4v) is 2.91. The zero-order valence-electron chi connectivity index (χ0n) is 12.9. The normalized spacial score (nSPS) is 15.9. The molecule has 0 heterocycles. The molecular formula is C17H28N2O. The Morgan fingerprint density at radius 1 is 1.20 bits per heavy atom. The van der Waals surface area contributed by atoms with E-state index in [1.807, 2.05) is 12.1 Å². The van der Waals surface area contributed by atoms with E-state index in [1.54, 1.807) is 7.11 Å². The number of methoxy groups -OCH3 is 1. The summed E-state index contributed by atoms with van der Waals surface area (Å²) in [5, 5.41) is 3.60. The van der Waals surface area contributed by atoms with Crippen LogP contribution in [0.1, 0.15) is 31.2 Å². The second-order valence-electron chi connectivity index (χ2n) is 5.94. The molecule has 3 heteroatoms. The van der Waals surface area contributed by atoms with Crippen LogP contribution in [0.15, 0.2) is 24.3 Å². The second kappa shape index (κ2) is 8.28. The van der Waals surface area contributed by atoms with Crippen LogP contribution < -0.4 is 10.1 Å². The van der Waals surface area contributed by atoms with Gasteiger partial charge in [-0.2, -0.15) is 0 Å². The monoisotopic (exact) mass is 276 g/mol. The molecule has 0 unspecified atom stereocenters. The Bertz CT molecular complexity index is 371. The Morgan fingerprint density at radius 3 is 2.55 bits per heavy atom. The number of hydrogen-bond donors (Lipinski definition) is 1. The lowest BCUT2D eigenvalue weighted by atomic mass is 10.1. The lowest BCUT2D eigenvalue weighted by Gasteiger charge is -2.18. The molecular weight excluding hydrogens is 248 g/mol. The van der Waals surface area contributed by atoms with Gasteiger partial charge in [-0.1, -0.05) is 25.0 Å². The van der Waals surface area contributed by atoms with Crippen molar-refractivity contribution in [3.05, 3.63) is 29.8 Å². The highest BCUT2D eigenvalue weighted by molar-refractivity contribution is 5.26. The van der Waals surface area contributed by atoms with E-state index in [9.17, 15) is 0 Å². The van der Waals surface area contributed by atoms with Crippen LogP contribution in [0.2, 0.25) is 0 Å². The van der Waals surface area contributed by atoms with Gasteiger partial charge in [0.15, 0.2) is 0 Å². The van der Waals surface area contributed by atoms with Crippen LogP contribution in [-0.4, -0.2) is 38.7 Å². The molecule has 0 saturated heterocycles. The van der Waals surface area contributed by atoms with Crippen LogP contribution in [0.5, 0.6) is 5.75 Å². The van der Waals surface area contributed by atoms with Gasteiger partial charge in [0.25, 0.3) is 0 Å². The summed E-state index contributed by atoms with van der Waals surface area (Å²) in [7, 11) is 3.89. The Labute approximate surface area is 123 Å². The number of rotatable bonds is 8. The number of benzene rings is 1. The van der Waals surface area contributed by atoms with E-state index in [0.717, 1.165) is 31.3 Å². The molecule has 1 aromatic rings. The summed E-state index contributed by atoms with van der Waals surface area (Å²) in [4.78, 5) is 2.36. The van der Waals surface area contributed by atoms with Crippen molar-refractivity contribution in [1.82, 2.24) is 10.2 Å². The maximum Gasteiger partial charge on any atom is 0.118 e. The van der Waals surface area contributed by atoms with E-state index < -0.39 is 0 Å². The van der Waals surface area contributed by atoms with Gasteiger partial charge >= 0.3 is 0 Å². The summed E-state index contributed by atoms with van der Waals surface area (Å²) in [6.07, 6.45) is 5.72. The third kappa shape index (κ3) is 5.14. The third-order valence-corrected chi connectivity index (χ3v) is 4.19. The Hall–Kier alpha value is -1.06. The van der Waals surface area contributed by atoms with E-state index in [0.29, 0.717) is 0 Å². The van der Waals surface area contributed by atoms with Crippen LogP contribution in [-0.2, 0) is 6.54 Å². The van der Waals surface area contributed by atoms with Gasteiger partial charge in [-0.05, 0) is 50.0 Å². The molecule has 0 spiro atoms. The average Bonchev–Trinajstić information content (AvgIpc) is 2.98. The van der Waals surface area contributed by atoms with Crippen molar-refractivity contribution in [2.24, 2.45) is 5.92 Å². The van der Waals surface area contributed by atoms with Gasteiger partial charge in [-0.25, -0.2) is 0 Å². The summed E-state index contributed by atoms with van der Waals surface area (Å²) in [6, 6.07) is 8.34. The molecule has 0 atom stereocenters. The van der Waals surface area contributed by atoms with Crippen LogP contribution in [0, 0.1) is 5.92 Å². The molecule has 112 valence electrons. The number of ether oxygens (including phenoxy) is 1. The molecule has 0 bridgehead atoms. The molecule has 0 aliphatic heterocycles. The topological polar surface area (TPSA) is 24.5 Å². The Kier molecular flexibility index (Phi) is 6.34. The molecule has 1 fully saturated rings. The number of likely N-dealkylation sites (N-methyl/N-ethyl adjacent to an activating group) is 1. The highest BCUT2D eigenvalue weighted by Gasteiger charge is 2.13. The third-order valence-electron chi connectivity index (χ3n) is 4.19. The molecule has 20 heavy (non-hydrogen) atoms. The molecule has 3 nitrogen and oxygen atoms in total. The highest BCUT2D eigenvalue weighted by atomic mass is 16.5. The van der Waals surface area contributed by atoms with Crippen LogP contribution >= 0.6 is 0 Å². The lowest BCUT2D eigenvalue weighted by molar-refractivity contribution is 0.319. The van der Waals surface area contributed by atoms with Gasteiger partial charge in [0.2, 0.25) is 0 Å². The zero-order valence-corrected chi connectivity index (χ0v) is 12.9. The Morgan fingerprint density at radius 2 is 1.90 bits per heavy atom. The van der Waals surface area contributed by atoms with Crippen molar-refractivity contribution >= 4 is 0 Å². The molecule has 1 saturated carbocycles. The highest BCUT2D eigenvalue weighted by Crippen LogP contribution is 2.23. The van der Waals surface area contributed by atoms with E-state index in [2.05, 4.69) is 29.4 Å². The van der Waals surface area contributed by atoms with Gasteiger partial charge in [-0.3, -0.25) is 0 Å². The molecule has 0 aromatic heterocycles. The van der Waals surface area contributed by atoms with Crippen molar-refractivity contribution in [3.63, 3.8) is 0 Å². The molecule has 0 radical (unpaired) electrons. The second-order valence-corrected chi connectivity index (χ2v) is 5.94. The fraction of sp³-hybridized carbons (Fsp3) is 0.647. The molecule has 1 aromatic carbocycles. The first kappa shape index (κ1) is 15.3. The van der Waals surface area contributed by atoms with Crippen molar-refractivity contribution in [2.75, 3.05) is 33.8 Å². The average molecular weight is 276 g/mol. The fourth-order valence-electron chi connectivity index (χ4n) is 2.91. The molecule has 2 rings (SSSR count). The largest absolute Gasteiger partial charge is 0.497 e. The summed E-state index contributed by atoms with van der Waals surface area (Å²) < 4.78 is 5.18. The molecule has 1 aliphatic carbocycles. The van der Waals surface area contributed by atoms with Crippen molar-refractivity contribution in [2.45, 2.75) is 32.2 Å². The summed E-state index contributed by atoms with van der Waals surface area (Å²) in [5.41, 5.74) is 1.34. The summed E-state index contributed by atoms with van der Waals surface area (Å²) >= 11 is 0. The number of nitrogens with zero attached hydrogens (tertiary/aromatic N) is 1. The van der Waals surface area contributed by atoms with E-state index in [-0.39, 0.29) is 0 Å². The zero-order chi connectivity index (χ0) is 14.2. The Balaban J connectivity index is 1.60. The minimum Gasteiger partial charge on any atom is -0.497 e. The minimum absolute atomic E-state index is 0.926. The van der Waals surface area contributed by atoms with Gasteiger partial charge in [0.05, 0.1) is 7.11 Å². The maximum atomic E-state index is 5.18. The van der Waals surface area contributed by atoms with Crippen molar-refractivity contribution in [1.29, 1.82) is 0 Å². The standard InChI is InChI=1S/C17H28N2O/c1-19(12-11-18-13-15-5-3-4-6-15)14-16-7-9-17(20-2)10-8-16/h7-10,15,18H,3-6,11-14H2,1-2H3. The van der Waals surface area contributed by atoms with Crippen LogP contribution in [0.25, 0.3) is 0 Å². The van der Waals surface area contributed by atoms with E-state index in [4.69, 9.17) is 4.74 Å². The number of hydrogen-bond acceptors (Lipinski definition) is 3. The lowest BCUT2D eigenvalue weighted by Crippen LogP contribution is -2.31. The van der Waals surface area contributed by atoms with Gasteiger partial charge in [0, 0.05) is 19.6 Å². The minimum atomic E-state index is 0.926. The SMILES string of the molecule is COc1ccc(CN(C)CCNCC2CCCC2)cc1. The number of nitrogens with one attached hydrogen (secondary N) is 1. The maximum absolute atomic E-state index is 5.18. The van der Waals surface area contributed by atoms with Crippen LogP contribution in [0.4, 0.5) is 0 Å². The molecule has 1 N–H and O–H groups in total. The predicted molar refractivity (Wildman–Crippen MR) is 84.2 cm³/mol. The van der Waals surface area contributed by atoms with Gasteiger partial charge in [0.1, 0.15) is 5.75 Å². The smallest absolute Gasteiger partial charge is 0.118 e. The van der Waals surface area contributed by atoms with E-state index >= 15 is 0 Å². The van der Waals surface area contributed by atoms with Gasteiger partial charge < -0.3 is 15.0 Å². The van der Waals surface area contributed by atoms with Crippen LogP contribution in [0.3, 0.4) is 0 Å². The predicted octanol–water partition coefficient (Wildman–Crippen LogP) is 2.91. The molecule has 0 amide bonds. The molecule has 1 aliphatic rings. The summed E-state index contributed by atoms with van der Waals surface area (Å²) in [5.74, 6) is 1.86. The first-order valence-corrected chi connectivity index (χ1v) is 7.80. The first-order valence-electron chi connectivity index (χ1n) is 7.80. The van der Waals surface area contributed by atoms with E-state index in [1.165, 1.54) is 37.8 Å². The van der Waals surface area contributed by atoms with Gasteiger partial charge in [-0.15, -0.1) is 0 Å². The first-order chi connectivity index (χ1) is 9.78.